The van der Waals surface area contributed by atoms with Gasteiger partial charge in [-0.25, -0.2) is 9.78 Å². The molecule has 1 amide bonds. The fraction of sp³-hybridized carbons (Fsp3) is 0.118. The van der Waals surface area contributed by atoms with Crippen molar-refractivity contribution in [2.45, 2.75) is 13.0 Å². The number of thiazole rings is 1. The molecule has 0 bridgehead atoms. The molecule has 1 N–H and O–H groups in total. The van der Waals surface area contributed by atoms with E-state index in [1.54, 1.807) is 35.8 Å². The summed E-state index contributed by atoms with van der Waals surface area (Å²) < 4.78 is 6.10. The van der Waals surface area contributed by atoms with E-state index >= 15 is 0 Å². The molecule has 0 radical (unpaired) electrons. The molecule has 0 aliphatic carbocycles. The number of halogens is 2. The third kappa shape index (κ3) is 4.10. The number of ether oxygens (including phenoxy) is 1. The van der Waals surface area contributed by atoms with Crippen LogP contribution >= 0.6 is 34.5 Å². The molecule has 0 aliphatic rings. The maximum absolute atomic E-state index is 12.2. The zero-order valence-corrected chi connectivity index (χ0v) is 15.3. The first-order valence-corrected chi connectivity index (χ1v) is 8.88. The number of nitrogens with zero attached hydrogens (tertiary/aromatic N) is 1. The molecule has 2 aromatic carbocycles. The van der Waals surface area contributed by atoms with Gasteiger partial charge in [-0.3, -0.25) is 4.79 Å². The van der Waals surface area contributed by atoms with Crippen LogP contribution in [0.3, 0.4) is 0 Å². The van der Waals surface area contributed by atoms with Crippen molar-refractivity contribution in [3.05, 3.63) is 57.5 Å². The highest BCUT2D eigenvalue weighted by molar-refractivity contribution is 7.16. The van der Waals surface area contributed by atoms with E-state index in [0.717, 1.165) is 10.2 Å². The van der Waals surface area contributed by atoms with Crippen LogP contribution in [0.15, 0.2) is 41.9 Å². The average molecular weight is 395 g/mol. The van der Waals surface area contributed by atoms with E-state index in [4.69, 9.17) is 27.9 Å². The van der Waals surface area contributed by atoms with Gasteiger partial charge in [-0.15, -0.1) is 11.3 Å². The second-order valence-electron chi connectivity index (χ2n) is 5.20. The van der Waals surface area contributed by atoms with Crippen LogP contribution in [0.25, 0.3) is 10.2 Å². The van der Waals surface area contributed by atoms with Crippen molar-refractivity contribution in [2.24, 2.45) is 0 Å². The normalized spacial score (nSPS) is 12.0. The number of carbonyl (C=O) groups is 2. The Morgan fingerprint density at radius 2 is 2.00 bits per heavy atom. The number of esters is 1. The summed E-state index contributed by atoms with van der Waals surface area (Å²) in [6.45, 7) is 1.48. The molecule has 1 heterocycles. The molecule has 128 valence electrons. The zero-order chi connectivity index (χ0) is 18.0. The van der Waals surface area contributed by atoms with Gasteiger partial charge >= 0.3 is 5.97 Å². The average Bonchev–Trinajstić information content (AvgIpc) is 3.05. The Morgan fingerprint density at radius 3 is 2.80 bits per heavy atom. The minimum absolute atomic E-state index is 0.340. The van der Waals surface area contributed by atoms with Gasteiger partial charge in [0.1, 0.15) is 0 Å². The van der Waals surface area contributed by atoms with Gasteiger partial charge in [-0.05, 0) is 43.3 Å². The minimum atomic E-state index is -1.00. The fourth-order valence-electron chi connectivity index (χ4n) is 2.09. The maximum Gasteiger partial charge on any atom is 0.338 e. The molecule has 8 heteroatoms. The molecule has 0 saturated heterocycles. The number of hydrogen-bond donors (Lipinski definition) is 1. The summed E-state index contributed by atoms with van der Waals surface area (Å²) in [7, 11) is 0. The van der Waals surface area contributed by atoms with Crippen molar-refractivity contribution < 1.29 is 14.3 Å². The van der Waals surface area contributed by atoms with E-state index in [1.165, 1.54) is 24.3 Å². The van der Waals surface area contributed by atoms with E-state index in [2.05, 4.69) is 10.3 Å². The van der Waals surface area contributed by atoms with Crippen LogP contribution in [0.4, 0.5) is 5.69 Å². The summed E-state index contributed by atoms with van der Waals surface area (Å²) >= 11 is 13.3. The van der Waals surface area contributed by atoms with E-state index in [9.17, 15) is 9.59 Å². The van der Waals surface area contributed by atoms with Crippen molar-refractivity contribution >= 4 is 62.3 Å². The van der Waals surface area contributed by atoms with Crippen molar-refractivity contribution in [1.82, 2.24) is 4.98 Å². The molecular formula is C17H12Cl2N2O3S. The number of aromatic nitrogens is 1. The van der Waals surface area contributed by atoms with Gasteiger partial charge in [0, 0.05) is 5.02 Å². The van der Waals surface area contributed by atoms with Crippen LogP contribution in [0.5, 0.6) is 0 Å². The van der Waals surface area contributed by atoms with Gasteiger partial charge in [0.2, 0.25) is 0 Å². The molecule has 0 aliphatic heterocycles. The number of nitrogens with one attached hydrogen (secondary N) is 1. The molecule has 0 saturated carbocycles. The quantitative estimate of drug-likeness (QED) is 0.646. The Morgan fingerprint density at radius 1 is 1.20 bits per heavy atom. The zero-order valence-electron chi connectivity index (χ0n) is 13.0. The Labute approximate surface area is 157 Å². The van der Waals surface area contributed by atoms with E-state index in [-0.39, 0.29) is 0 Å². The third-order valence-corrected chi connectivity index (χ3v) is 4.76. The van der Waals surface area contributed by atoms with E-state index in [1.807, 2.05) is 0 Å². The molecule has 0 spiro atoms. The van der Waals surface area contributed by atoms with Gasteiger partial charge in [0.25, 0.3) is 5.91 Å². The third-order valence-electron chi connectivity index (χ3n) is 3.41. The van der Waals surface area contributed by atoms with Gasteiger partial charge < -0.3 is 10.1 Å². The second kappa shape index (κ2) is 7.39. The predicted molar refractivity (Wildman–Crippen MR) is 99.6 cm³/mol. The maximum atomic E-state index is 12.2. The Bertz CT molecular complexity index is 958. The van der Waals surface area contributed by atoms with Crippen LogP contribution in [-0.2, 0) is 9.53 Å². The number of carbonyl (C=O) groups excluding carboxylic acids is 2. The number of amides is 1. The molecule has 0 unspecified atom stereocenters. The van der Waals surface area contributed by atoms with Crippen molar-refractivity contribution in [2.75, 3.05) is 5.32 Å². The lowest BCUT2D eigenvalue weighted by Crippen LogP contribution is -2.30. The van der Waals surface area contributed by atoms with Gasteiger partial charge in [0.05, 0.1) is 32.0 Å². The van der Waals surface area contributed by atoms with Crippen LogP contribution in [0.2, 0.25) is 10.0 Å². The Kier molecular flexibility index (Phi) is 5.22. The van der Waals surface area contributed by atoms with Crippen LogP contribution < -0.4 is 5.32 Å². The monoisotopic (exact) mass is 394 g/mol. The smallest absolute Gasteiger partial charge is 0.338 e. The number of anilines is 1. The SMILES string of the molecule is C[C@H](OC(=O)c1ccc2ncsc2c1)C(=O)Nc1cc(Cl)ccc1Cl. The van der Waals surface area contributed by atoms with Crippen molar-refractivity contribution in [1.29, 1.82) is 0 Å². The number of rotatable bonds is 4. The summed E-state index contributed by atoms with van der Waals surface area (Å²) in [5.74, 6) is -1.09. The minimum Gasteiger partial charge on any atom is -0.449 e. The molecule has 1 aromatic heterocycles. The van der Waals surface area contributed by atoms with E-state index in [0.29, 0.717) is 21.3 Å². The number of fused-ring (bicyclic) bond motifs is 1. The van der Waals surface area contributed by atoms with Crippen molar-refractivity contribution in [3.63, 3.8) is 0 Å². The van der Waals surface area contributed by atoms with Crippen LogP contribution in [0.1, 0.15) is 17.3 Å². The van der Waals surface area contributed by atoms with Crippen LogP contribution in [0, 0.1) is 0 Å². The topological polar surface area (TPSA) is 68.3 Å². The lowest BCUT2D eigenvalue weighted by molar-refractivity contribution is -0.123. The number of benzene rings is 2. The number of hydrogen-bond acceptors (Lipinski definition) is 5. The first kappa shape index (κ1) is 17.7. The highest BCUT2D eigenvalue weighted by atomic mass is 35.5. The molecule has 3 rings (SSSR count). The summed E-state index contributed by atoms with van der Waals surface area (Å²) in [6.07, 6.45) is -1.00. The van der Waals surface area contributed by atoms with Gasteiger partial charge in [-0.1, -0.05) is 23.2 Å². The first-order chi connectivity index (χ1) is 11.9. The van der Waals surface area contributed by atoms with Gasteiger partial charge in [-0.2, -0.15) is 0 Å². The second-order valence-corrected chi connectivity index (χ2v) is 6.93. The molecule has 25 heavy (non-hydrogen) atoms. The molecule has 1 atom stereocenters. The van der Waals surface area contributed by atoms with Gasteiger partial charge in [0.15, 0.2) is 6.10 Å². The Balaban J connectivity index is 1.68. The lowest BCUT2D eigenvalue weighted by atomic mass is 10.2. The summed E-state index contributed by atoms with van der Waals surface area (Å²) in [4.78, 5) is 28.6. The summed E-state index contributed by atoms with van der Waals surface area (Å²) in [6, 6.07) is 9.74. The molecule has 0 fully saturated rings. The molecule has 5 nitrogen and oxygen atoms in total. The lowest BCUT2D eigenvalue weighted by Gasteiger charge is -2.14. The summed E-state index contributed by atoms with van der Waals surface area (Å²) in [5, 5.41) is 3.36. The standard InChI is InChI=1S/C17H12Cl2N2O3S/c1-9(16(22)21-14-7-11(18)3-4-12(14)19)24-17(23)10-2-5-13-15(6-10)25-8-20-13/h2-9H,1H3,(H,21,22)/t9-/m0/s1. The Hall–Kier alpha value is -2.15. The fourth-order valence-corrected chi connectivity index (χ4v) is 3.15. The molecule has 3 aromatic rings. The first-order valence-electron chi connectivity index (χ1n) is 7.24. The highest BCUT2D eigenvalue weighted by Crippen LogP contribution is 2.26. The van der Waals surface area contributed by atoms with Crippen molar-refractivity contribution in [3.8, 4) is 0 Å². The van der Waals surface area contributed by atoms with Crippen LogP contribution in [-0.4, -0.2) is 23.0 Å². The summed E-state index contributed by atoms with van der Waals surface area (Å²) in [5.41, 5.74) is 3.22. The molecular weight excluding hydrogens is 383 g/mol. The largest absolute Gasteiger partial charge is 0.449 e. The highest BCUT2D eigenvalue weighted by Gasteiger charge is 2.20. The predicted octanol–water partition coefficient (Wildman–Crippen LogP) is 4.79. The van der Waals surface area contributed by atoms with E-state index < -0.39 is 18.0 Å².